The highest BCUT2D eigenvalue weighted by atomic mass is 127. The average Bonchev–Trinajstić information content (AvgIpc) is 3.01. The van der Waals surface area contributed by atoms with Gasteiger partial charge in [-0.15, -0.1) is 24.0 Å². The first kappa shape index (κ1) is 24.7. The van der Waals surface area contributed by atoms with E-state index in [0.717, 1.165) is 19.4 Å². The predicted molar refractivity (Wildman–Crippen MR) is 108 cm³/mol. The highest BCUT2D eigenvalue weighted by molar-refractivity contribution is 14.0. The second-order valence-corrected chi connectivity index (χ2v) is 8.93. The van der Waals surface area contributed by atoms with Gasteiger partial charge in [0.05, 0.1) is 5.60 Å². The number of aliphatic imine (C=N–C) groups is 1. The summed E-state index contributed by atoms with van der Waals surface area (Å²) in [5.41, 5.74) is -5.45. The molecule has 2 N–H and O–H groups in total. The number of hydrogen-bond donors (Lipinski definition) is 2. The van der Waals surface area contributed by atoms with Gasteiger partial charge < -0.3 is 15.4 Å². The lowest BCUT2D eigenvalue weighted by atomic mass is 9.98. The van der Waals surface area contributed by atoms with Gasteiger partial charge in [-0.25, -0.2) is 8.42 Å². The fourth-order valence-electron chi connectivity index (χ4n) is 3.21. The summed E-state index contributed by atoms with van der Waals surface area (Å²) in [6.07, 6.45) is 2.76. The van der Waals surface area contributed by atoms with Crippen LogP contribution in [0, 0.1) is 5.92 Å². The monoisotopic (exact) mass is 528 g/mol. The third-order valence-electron chi connectivity index (χ3n) is 4.92. The van der Waals surface area contributed by atoms with Gasteiger partial charge in [-0.05, 0) is 38.5 Å². The highest BCUT2D eigenvalue weighted by Gasteiger charge is 2.50. The number of halogens is 4. The molecule has 1 atom stereocenters. The third-order valence-corrected chi connectivity index (χ3v) is 6.55. The molecule has 27 heavy (non-hydrogen) atoms. The average molecular weight is 528 g/mol. The van der Waals surface area contributed by atoms with E-state index < -0.39 is 15.5 Å². The van der Waals surface area contributed by atoms with Gasteiger partial charge >= 0.3 is 15.5 Å². The Kier molecular flexibility index (Phi) is 9.07. The fourth-order valence-corrected chi connectivity index (χ4v) is 4.19. The number of rotatable bonds is 5. The Hall–Kier alpha value is -0.340. The van der Waals surface area contributed by atoms with Crippen molar-refractivity contribution in [2.45, 2.75) is 43.7 Å². The molecule has 7 nitrogen and oxygen atoms in total. The van der Waals surface area contributed by atoms with Crippen LogP contribution in [0.25, 0.3) is 0 Å². The topological polar surface area (TPSA) is 83.0 Å². The van der Waals surface area contributed by atoms with E-state index in [1.165, 1.54) is 0 Å². The second-order valence-electron chi connectivity index (χ2n) is 7.00. The number of nitrogens with one attached hydrogen (secondary N) is 2. The number of ether oxygens (including phenoxy) is 1. The van der Waals surface area contributed by atoms with Crippen molar-refractivity contribution in [1.82, 2.24) is 14.9 Å². The zero-order valence-electron chi connectivity index (χ0n) is 15.5. The van der Waals surface area contributed by atoms with Crippen molar-refractivity contribution >= 4 is 40.0 Å². The Balaban J connectivity index is 0.00000364. The van der Waals surface area contributed by atoms with Gasteiger partial charge in [-0.3, -0.25) is 4.99 Å². The maximum Gasteiger partial charge on any atom is 0.511 e. The van der Waals surface area contributed by atoms with Gasteiger partial charge in [-0.2, -0.15) is 17.5 Å². The van der Waals surface area contributed by atoms with Crippen molar-refractivity contribution in [3.63, 3.8) is 0 Å². The molecule has 0 aliphatic carbocycles. The summed E-state index contributed by atoms with van der Waals surface area (Å²) >= 11 is 0. The molecule has 0 aromatic carbocycles. The molecule has 2 aliphatic heterocycles. The SMILES string of the molecule is CN=C(NCC1CCN(S(=O)(=O)C(F)(F)F)CC1)NCC1(C)CCCO1.I. The summed E-state index contributed by atoms with van der Waals surface area (Å²) in [7, 11) is -3.58. The lowest BCUT2D eigenvalue weighted by Crippen LogP contribution is -2.49. The van der Waals surface area contributed by atoms with E-state index in [4.69, 9.17) is 4.74 Å². The Morgan fingerprint density at radius 1 is 1.30 bits per heavy atom. The quantitative estimate of drug-likeness (QED) is 0.324. The summed E-state index contributed by atoms with van der Waals surface area (Å²) in [5.74, 6) is 0.693. The molecule has 0 amide bonds. The van der Waals surface area contributed by atoms with E-state index >= 15 is 0 Å². The number of guanidine groups is 1. The summed E-state index contributed by atoms with van der Waals surface area (Å²) < 4.78 is 66.8. The van der Waals surface area contributed by atoms with Crippen molar-refractivity contribution < 1.29 is 26.3 Å². The summed E-state index contributed by atoms with van der Waals surface area (Å²) in [6.45, 7) is 3.70. The molecule has 2 saturated heterocycles. The third kappa shape index (κ3) is 6.60. The maximum absolute atomic E-state index is 12.6. The molecule has 0 spiro atoms. The normalized spacial score (nSPS) is 25.9. The van der Waals surface area contributed by atoms with Crippen LogP contribution in [0.15, 0.2) is 4.99 Å². The van der Waals surface area contributed by atoms with Crippen LogP contribution in [-0.2, 0) is 14.8 Å². The van der Waals surface area contributed by atoms with Gasteiger partial charge in [-0.1, -0.05) is 0 Å². The Labute approximate surface area is 175 Å². The smallest absolute Gasteiger partial charge is 0.373 e. The van der Waals surface area contributed by atoms with Crippen LogP contribution >= 0.6 is 24.0 Å². The number of nitrogens with zero attached hydrogens (tertiary/aromatic N) is 2. The molecule has 2 fully saturated rings. The number of alkyl halides is 3. The van der Waals surface area contributed by atoms with Gasteiger partial charge in [0.15, 0.2) is 5.96 Å². The minimum absolute atomic E-state index is 0. The molecular formula is C15H28F3IN4O3S. The van der Waals surface area contributed by atoms with E-state index in [1.807, 2.05) is 6.92 Å². The first-order chi connectivity index (χ1) is 12.1. The summed E-state index contributed by atoms with van der Waals surface area (Å²) in [5, 5.41) is 6.36. The first-order valence-electron chi connectivity index (χ1n) is 8.72. The van der Waals surface area contributed by atoms with Crippen LogP contribution in [0.4, 0.5) is 13.2 Å². The molecule has 2 heterocycles. The number of sulfonamides is 1. The van der Waals surface area contributed by atoms with Crippen LogP contribution in [0.1, 0.15) is 32.6 Å². The lowest BCUT2D eigenvalue weighted by molar-refractivity contribution is -0.0496. The molecule has 0 aromatic heterocycles. The van der Waals surface area contributed by atoms with E-state index in [0.29, 0.717) is 36.2 Å². The molecule has 0 bridgehead atoms. The Morgan fingerprint density at radius 3 is 2.41 bits per heavy atom. The van der Waals surface area contributed by atoms with Crippen LogP contribution in [-0.4, -0.2) is 69.6 Å². The van der Waals surface area contributed by atoms with E-state index in [2.05, 4.69) is 15.6 Å². The molecule has 2 aliphatic rings. The first-order valence-corrected chi connectivity index (χ1v) is 10.2. The predicted octanol–water partition coefficient (Wildman–Crippen LogP) is 1.90. The van der Waals surface area contributed by atoms with Crippen molar-refractivity contribution in [2.75, 3.05) is 39.8 Å². The van der Waals surface area contributed by atoms with Gasteiger partial charge in [0.25, 0.3) is 0 Å². The van der Waals surface area contributed by atoms with E-state index in [-0.39, 0.29) is 48.6 Å². The number of piperidine rings is 1. The van der Waals surface area contributed by atoms with E-state index in [9.17, 15) is 21.6 Å². The second kappa shape index (κ2) is 9.92. The standard InChI is InChI=1S/C15H27F3N4O3S.HI/c1-14(6-3-9-25-14)11-21-13(19-2)20-10-12-4-7-22(8-5-12)26(23,24)15(16,17)18;/h12H,3-11H2,1-2H3,(H2,19,20,21);1H. The Bertz CT molecular complexity index is 602. The lowest BCUT2D eigenvalue weighted by Gasteiger charge is -2.32. The van der Waals surface area contributed by atoms with Crippen LogP contribution in [0.5, 0.6) is 0 Å². The maximum atomic E-state index is 12.6. The molecule has 1 unspecified atom stereocenters. The van der Waals surface area contributed by atoms with Gasteiger partial charge in [0.1, 0.15) is 0 Å². The highest BCUT2D eigenvalue weighted by Crippen LogP contribution is 2.30. The van der Waals surface area contributed by atoms with Crippen molar-refractivity contribution in [2.24, 2.45) is 10.9 Å². The van der Waals surface area contributed by atoms with E-state index in [1.54, 1.807) is 7.05 Å². The van der Waals surface area contributed by atoms with Crippen LogP contribution in [0.2, 0.25) is 0 Å². The zero-order chi connectivity index (χ0) is 19.4. The molecule has 0 aromatic rings. The fraction of sp³-hybridized carbons (Fsp3) is 0.933. The number of hydrogen-bond acceptors (Lipinski definition) is 4. The van der Waals surface area contributed by atoms with Gasteiger partial charge in [0, 0.05) is 39.8 Å². The molecule has 2 rings (SSSR count). The molecule has 0 saturated carbocycles. The zero-order valence-corrected chi connectivity index (χ0v) is 18.7. The van der Waals surface area contributed by atoms with Crippen molar-refractivity contribution in [3.8, 4) is 0 Å². The van der Waals surface area contributed by atoms with Crippen molar-refractivity contribution in [3.05, 3.63) is 0 Å². The van der Waals surface area contributed by atoms with Crippen molar-refractivity contribution in [1.29, 1.82) is 0 Å². The Morgan fingerprint density at radius 2 is 1.93 bits per heavy atom. The minimum Gasteiger partial charge on any atom is -0.373 e. The summed E-state index contributed by atoms with van der Waals surface area (Å²) in [6, 6.07) is 0. The summed E-state index contributed by atoms with van der Waals surface area (Å²) in [4.78, 5) is 4.13. The largest absolute Gasteiger partial charge is 0.511 e. The molecular weight excluding hydrogens is 500 g/mol. The molecule has 160 valence electrons. The molecule has 12 heteroatoms. The van der Waals surface area contributed by atoms with Crippen LogP contribution in [0.3, 0.4) is 0 Å². The van der Waals surface area contributed by atoms with Crippen LogP contribution < -0.4 is 10.6 Å². The minimum atomic E-state index is -5.23. The molecule has 0 radical (unpaired) electrons. The van der Waals surface area contributed by atoms with Gasteiger partial charge in [0.2, 0.25) is 0 Å².